The normalized spacial score (nSPS) is 22.8. The van der Waals surface area contributed by atoms with Crippen LogP contribution in [0.15, 0.2) is 29.3 Å². The fourth-order valence-corrected chi connectivity index (χ4v) is 6.03. The van der Waals surface area contributed by atoms with E-state index in [9.17, 15) is 8.42 Å². The highest BCUT2D eigenvalue weighted by atomic mass is 32.2. The van der Waals surface area contributed by atoms with E-state index < -0.39 is 10.0 Å². The second kappa shape index (κ2) is 8.92. The average Bonchev–Trinajstić information content (AvgIpc) is 2.67. The minimum Gasteiger partial charge on any atom is -0.487 e. The molecule has 28 heavy (non-hydrogen) atoms. The van der Waals surface area contributed by atoms with E-state index in [1.165, 1.54) is 0 Å². The second-order valence-corrected chi connectivity index (χ2v) is 10.9. The van der Waals surface area contributed by atoms with Crippen LogP contribution in [0.5, 0.6) is 5.75 Å². The molecule has 2 aliphatic rings. The Morgan fingerprint density at radius 3 is 2.75 bits per heavy atom. The number of nitrogens with zero attached hydrogens (tertiary/aromatic N) is 2. The standard InChI is InChI=1S/C19H30N4O3S2/c1-19(2)14-16(15-6-4-5-7-17(15)26-19)22-18(20-3)21-8-13-28(24,25)23-9-11-27-12-10-23/h4-7,16H,8-14H2,1-3H3,(H2,20,21,22). The van der Waals surface area contributed by atoms with Crippen LogP contribution in [0.3, 0.4) is 0 Å². The van der Waals surface area contributed by atoms with Crippen LogP contribution in [-0.4, -0.2) is 68.2 Å². The van der Waals surface area contributed by atoms with Crippen LogP contribution in [0.1, 0.15) is 31.9 Å². The lowest BCUT2D eigenvalue weighted by atomic mass is 9.90. The van der Waals surface area contributed by atoms with Crippen molar-refractivity contribution >= 4 is 27.7 Å². The Kier molecular flexibility index (Phi) is 6.77. The van der Waals surface area contributed by atoms with E-state index in [2.05, 4.69) is 29.5 Å². The van der Waals surface area contributed by atoms with Gasteiger partial charge in [-0.05, 0) is 19.9 Å². The Morgan fingerprint density at radius 1 is 1.32 bits per heavy atom. The molecule has 1 unspecified atom stereocenters. The molecule has 2 N–H and O–H groups in total. The molecular weight excluding hydrogens is 396 g/mol. The van der Waals surface area contributed by atoms with Gasteiger partial charge < -0.3 is 15.4 Å². The topological polar surface area (TPSA) is 83.0 Å². The Hall–Kier alpha value is -1.45. The molecule has 7 nitrogen and oxygen atoms in total. The molecule has 0 saturated carbocycles. The summed E-state index contributed by atoms with van der Waals surface area (Å²) in [5.41, 5.74) is 0.795. The maximum Gasteiger partial charge on any atom is 0.215 e. The third-order valence-electron chi connectivity index (χ3n) is 4.93. The van der Waals surface area contributed by atoms with Crippen molar-refractivity contribution in [3.8, 4) is 5.75 Å². The highest BCUT2D eigenvalue weighted by molar-refractivity contribution is 7.99. The first-order chi connectivity index (χ1) is 13.3. The van der Waals surface area contributed by atoms with Crippen LogP contribution in [0.25, 0.3) is 0 Å². The number of hydrogen-bond donors (Lipinski definition) is 2. The summed E-state index contributed by atoms with van der Waals surface area (Å²) in [6.45, 7) is 5.66. The van der Waals surface area contributed by atoms with E-state index in [4.69, 9.17) is 4.74 Å². The highest BCUT2D eigenvalue weighted by Crippen LogP contribution is 2.39. The fraction of sp³-hybridized carbons (Fsp3) is 0.632. The Labute approximate surface area is 172 Å². The number of nitrogens with one attached hydrogen (secondary N) is 2. The summed E-state index contributed by atoms with van der Waals surface area (Å²) in [6, 6.07) is 8.03. The van der Waals surface area contributed by atoms with Gasteiger partial charge in [-0.15, -0.1) is 0 Å². The fourth-order valence-electron chi connectivity index (χ4n) is 3.54. The molecule has 2 aliphatic heterocycles. The number of ether oxygens (including phenoxy) is 1. The average molecular weight is 427 g/mol. The summed E-state index contributed by atoms with van der Waals surface area (Å²) in [7, 11) is -1.54. The lowest BCUT2D eigenvalue weighted by Crippen LogP contribution is -2.47. The van der Waals surface area contributed by atoms with E-state index in [0.717, 1.165) is 29.2 Å². The molecule has 1 atom stereocenters. The highest BCUT2D eigenvalue weighted by Gasteiger charge is 2.34. The quantitative estimate of drug-likeness (QED) is 0.552. The SMILES string of the molecule is CN=C(NCCS(=O)(=O)N1CCSCC1)NC1CC(C)(C)Oc2ccccc21. The van der Waals surface area contributed by atoms with Crippen LogP contribution in [-0.2, 0) is 10.0 Å². The van der Waals surface area contributed by atoms with Gasteiger partial charge in [0.05, 0.1) is 11.8 Å². The zero-order chi connectivity index (χ0) is 20.2. The maximum absolute atomic E-state index is 12.5. The minimum atomic E-state index is -3.23. The Morgan fingerprint density at radius 2 is 2.04 bits per heavy atom. The Balaban J connectivity index is 1.59. The lowest BCUT2D eigenvalue weighted by molar-refractivity contribution is 0.0694. The van der Waals surface area contributed by atoms with Gasteiger partial charge in [-0.1, -0.05) is 18.2 Å². The van der Waals surface area contributed by atoms with E-state index in [1.807, 2.05) is 24.3 Å². The van der Waals surface area contributed by atoms with Crippen molar-refractivity contribution in [3.63, 3.8) is 0 Å². The Bertz CT molecular complexity index is 805. The molecule has 0 amide bonds. The number of fused-ring (bicyclic) bond motifs is 1. The van der Waals surface area contributed by atoms with E-state index in [1.54, 1.807) is 23.1 Å². The van der Waals surface area contributed by atoms with Crippen LogP contribution < -0.4 is 15.4 Å². The smallest absolute Gasteiger partial charge is 0.215 e. The molecule has 3 rings (SSSR count). The number of hydrogen-bond acceptors (Lipinski definition) is 5. The van der Waals surface area contributed by atoms with Crippen molar-refractivity contribution in [2.75, 3.05) is 43.9 Å². The monoisotopic (exact) mass is 426 g/mol. The van der Waals surface area contributed by atoms with Crippen molar-refractivity contribution in [3.05, 3.63) is 29.8 Å². The molecule has 1 aromatic carbocycles. The molecular formula is C19H30N4O3S2. The number of para-hydroxylation sites is 1. The van der Waals surface area contributed by atoms with Gasteiger partial charge in [-0.3, -0.25) is 4.99 Å². The third-order valence-corrected chi connectivity index (χ3v) is 7.74. The number of rotatable bonds is 5. The van der Waals surface area contributed by atoms with Crippen molar-refractivity contribution in [1.82, 2.24) is 14.9 Å². The molecule has 0 radical (unpaired) electrons. The number of benzene rings is 1. The van der Waals surface area contributed by atoms with Crippen LogP contribution in [0, 0.1) is 0 Å². The predicted molar refractivity (Wildman–Crippen MR) is 116 cm³/mol. The number of thioether (sulfide) groups is 1. The van der Waals surface area contributed by atoms with Gasteiger partial charge in [0.1, 0.15) is 11.4 Å². The molecule has 2 heterocycles. The van der Waals surface area contributed by atoms with Gasteiger partial charge in [0.25, 0.3) is 0 Å². The molecule has 156 valence electrons. The molecule has 0 aliphatic carbocycles. The predicted octanol–water partition coefficient (Wildman–Crippen LogP) is 1.83. The first-order valence-electron chi connectivity index (χ1n) is 9.61. The van der Waals surface area contributed by atoms with Gasteiger partial charge in [-0.25, -0.2) is 12.7 Å². The molecule has 1 fully saturated rings. The molecule has 9 heteroatoms. The van der Waals surface area contributed by atoms with Crippen LogP contribution in [0.2, 0.25) is 0 Å². The molecule has 1 saturated heterocycles. The lowest BCUT2D eigenvalue weighted by Gasteiger charge is -2.38. The number of sulfonamides is 1. The summed E-state index contributed by atoms with van der Waals surface area (Å²) in [5.74, 6) is 3.27. The van der Waals surface area contributed by atoms with Crippen molar-refractivity contribution < 1.29 is 13.2 Å². The molecule has 0 bridgehead atoms. The first-order valence-corrected chi connectivity index (χ1v) is 12.4. The van der Waals surface area contributed by atoms with Crippen molar-refractivity contribution in [1.29, 1.82) is 0 Å². The summed E-state index contributed by atoms with van der Waals surface area (Å²) in [5, 5.41) is 6.59. The van der Waals surface area contributed by atoms with E-state index >= 15 is 0 Å². The zero-order valence-electron chi connectivity index (χ0n) is 16.8. The summed E-state index contributed by atoms with van der Waals surface area (Å²) < 4.78 is 32.7. The van der Waals surface area contributed by atoms with Crippen LogP contribution in [0.4, 0.5) is 0 Å². The summed E-state index contributed by atoms with van der Waals surface area (Å²) in [4.78, 5) is 4.28. The zero-order valence-corrected chi connectivity index (χ0v) is 18.4. The maximum atomic E-state index is 12.5. The molecule has 0 spiro atoms. The van der Waals surface area contributed by atoms with Gasteiger partial charge in [0.2, 0.25) is 10.0 Å². The van der Waals surface area contributed by atoms with E-state index in [-0.39, 0.29) is 17.4 Å². The van der Waals surface area contributed by atoms with Gasteiger partial charge in [0.15, 0.2) is 5.96 Å². The number of aliphatic imine (C=N–C) groups is 1. The minimum absolute atomic E-state index is 0.0434. The second-order valence-electron chi connectivity index (χ2n) is 7.63. The van der Waals surface area contributed by atoms with Crippen LogP contribution >= 0.6 is 11.8 Å². The summed E-state index contributed by atoms with van der Waals surface area (Å²) >= 11 is 1.80. The first kappa shape index (κ1) is 21.3. The van der Waals surface area contributed by atoms with Crippen molar-refractivity contribution in [2.24, 2.45) is 4.99 Å². The molecule has 1 aromatic rings. The third kappa shape index (κ3) is 5.33. The largest absolute Gasteiger partial charge is 0.487 e. The van der Waals surface area contributed by atoms with Crippen molar-refractivity contribution in [2.45, 2.75) is 31.9 Å². The van der Waals surface area contributed by atoms with E-state index in [0.29, 0.717) is 25.6 Å². The van der Waals surface area contributed by atoms with Gasteiger partial charge in [0, 0.05) is 50.2 Å². The number of guanidine groups is 1. The van der Waals surface area contributed by atoms with Gasteiger partial charge >= 0.3 is 0 Å². The molecule has 0 aromatic heterocycles. The van der Waals surface area contributed by atoms with Gasteiger partial charge in [-0.2, -0.15) is 11.8 Å². The summed E-state index contributed by atoms with van der Waals surface area (Å²) in [6.07, 6.45) is 0.786.